The average molecular weight is 376 g/mol. The zero-order valence-electron chi connectivity index (χ0n) is 14.5. The van der Waals surface area contributed by atoms with Gasteiger partial charge in [0.2, 0.25) is 0 Å². The van der Waals surface area contributed by atoms with Crippen LogP contribution in [0.5, 0.6) is 5.75 Å². The first-order valence-corrected chi connectivity index (χ1v) is 7.65. The van der Waals surface area contributed by atoms with Crippen LogP contribution >= 0.6 is 0 Å². The predicted octanol–water partition coefficient (Wildman–Crippen LogP) is 1.58. The molecule has 0 unspecified atom stereocenters. The lowest BCUT2D eigenvalue weighted by Crippen LogP contribution is -2.26. The number of carbonyl (C=O) groups is 1. The van der Waals surface area contributed by atoms with Gasteiger partial charge < -0.3 is 14.9 Å². The van der Waals surface area contributed by atoms with Gasteiger partial charge in [-0.25, -0.2) is 5.43 Å². The second-order valence-corrected chi connectivity index (χ2v) is 5.45. The lowest BCUT2D eigenvalue weighted by Gasteiger charge is -2.06. The number of nitrogens with zero attached hydrogens (tertiary/aromatic N) is 5. The molecule has 0 aliphatic heterocycles. The maximum atomic E-state index is 11.8. The summed E-state index contributed by atoms with van der Waals surface area (Å²) in [5, 5.41) is 29.3. The molecule has 0 spiro atoms. The Labute approximate surface area is 152 Å². The fourth-order valence-corrected chi connectivity index (χ4v) is 2.06. The highest BCUT2D eigenvalue weighted by Crippen LogP contribution is 2.25. The number of carbonyl (C=O) groups excluding carboxylic acids is 1. The molecule has 0 saturated heterocycles. The molecule has 1 N–H and O–H groups in total. The molecular formula is C15H16N6O6. The highest BCUT2D eigenvalue weighted by atomic mass is 16.6. The van der Waals surface area contributed by atoms with Crippen LogP contribution in [0.3, 0.4) is 0 Å². The fourth-order valence-electron chi connectivity index (χ4n) is 2.06. The summed E-state index contributed by atoms with van der Waals surface area (Å²) in [7, 11) is 0. The van der Waals surface area contributed by atoms with E-state index in [-0.39, 0.29) is 23.8 Å². The van der Waals surface area contributed by atoms with Crippen molar-refractivity contribution in [3.63, 3.8) is 0 Å². The molecule has 12 nitrogen and oxygen atoms in total. The van der Waals surface area contributed by atoms with Crippen molar-refractivity contribution in [3.8, 4) is 5.75 Å². The van der Waals surface area contributed by atoms with Crippen LogP contribution in [0.1, 0.15) is 12.6 Å². The SMILES string of the molecule is C/C(Cn1nc([N+](=O)[O-])cc1C)=N/NC(=O)COc1ccccc1[N+](=O)[O-]. The number of hydrogen-bond acceptors (Lipinski definition) is 8. The van der Waals surface area contributed by atoms with Crippen molar-refractivity contribution in [1.82, 2.24) is 15.2 Å². The van der Waals surface area contributed by atoms with Crippen LogP contribution in [0.4, 0.5) is 11.5 Å². The molecule has 27 heavy (non-hydrogen) atoms. The van der Waals surface area contributed by atoms with Gasteiger partial charge in [-0.3, -0.25) is 14.9 Å². The summed E-state index contributed by atoms with van der Waals surface area (Å²) in [6, 6.07) is 7.01. The van der Waals surface area contributed by atoms with Crippen LogP contribution in [0, 0.1) is 27.2 Å². The molecule has 12 heteroatoms. The van der Waals surface area contributed by atoms with E-state index >= 15 is 0 Å². The summed E-state index contributed by atoms with van der Waals surface area (Å²) < 4.78 is 6.53. The molecule has 1 amide bonds. The molecule has 0 bridgehead atoms. The van der Waals surface area contributed by atoms with E-state index in [2.05, 4.69) is 15.6 Å². The number of nitrogens with one attached hydrogen (secondary N) is 1. The van der Waals surface area contributed by atoms with E-state index in [1.54, 1.807) is 19.9 Å². The van der Waals surface area contributed by atoms with Gasteiger partial charge in [0.15, 0.2) is 12.4 Å². The van der Waals surface area contributed by atoms with E-state index in [9.17, 15) is 25.0 Å². The van der Waals surface area contributed by atoms with E-state index in [4.69, 9.17) is 4.74 Å². The Bertz CT molecular complexity index is 906. The Balaban J connectivity index is 1.91. The number of rotatable bonds is 8. The third kappa shape index (κ3) is 5.32. The molecule has 2 rings (SSSR count). The average Bonchev–Trinajstić information content (AvgIpc) is 2.99. The molecular weight excluding hydrogens is 360 g/mol. The van der Waals surface area contributed by atoms with Crippen molar-refractivity contribution in [2.75, 3.05) is 6.61 Å². The van der Waals surface area contributed by atoms with Crippen LogP contribution in [0.2, 0.25) is 0 Å². The second kappa shape index (κ2) is 8.51. The van der Waals surface area contributed by atoms with Gasteiger partial charge in [-0.2, -0.15) is 9.78 Å². The van der Waals surface area contributed by atoms with Gasteiger partial charge in [0.25, 0.3) is 5.91 Å². The molecule has 2 aromatic rings. The minimum atomic E-state index is -0.615. The topological polar surface area (TPSA) is 155 Å². The summed E-state index contributed by atoms with van der Waals surface area (Å²) in [5.74, 6) is -0.921. The van der Waals surface area contributed by atoms with Crippen LogP contribution in [0.25, 0.3) is 0 Å². The molecule has 1 aromatic carbocycles. The van der Waals surface area contributed by atoms with Gasteiger partial charge in [0.05, 0.1) is 27.5 Å². The summed E-state index contributed by atoms with van der Waals surface area (Å²) in [5.41, 5.74) is 3.01. The number of amides is 1. The number of ether oxygens (including phenoxy) is 1. The smallest absolute Gasteiger partial charge is 0.390 e. The Hall–Kier alpha value is -3.83. The summed E-state index contributed by atoms with van der Waals surface area (Å²) in [6.07, 6.45) is 0. The van der Waals surface area contributed by atoms with Gasteiger partial charge in [-0.1, -0.05) is 12.1 Å². The second-order valence-electron chi connectivity index (χ2n) is 5.45. The molecule has 0 fully saturated rings. The quantitative estimate of drug-likeness (QED) is 0.416. The minimum Gasteiger partial charge on any atom is -0.477 e. The number of nitro groups is 2. The molecule has 0 radical (unpaired) electrons. The largest absolute Gasteiger partial charge is 0.477 e. The van der Waals surface area contributed by atoms with Crippen LogP contribution < -0.4 is 10.2 Å². The van der Waals surface area contributed by atoms with Gasteiger partial charge in [0, 0.05) is 6.07 Å². The van der Waals surface area contributed by atoms with Gasteiger partial charge in [-0.15, -0.1) is 0 Å². The number of hydrogen-bond donors (Lipinski definition) is 1. The number of hydrazone groups is 1. The van der Waals surface area contributed by atoms with Crippen molar-refractivity contribution >= 4 is 23.1 Å². The zero-order valence-corrected chi connectivity index (χ0v) is 14.5. The van der Waals surface area contributed by atoms with Crippen LogP contribution in [-0.4, -0.2) is 37.9 Å². The Kier molecular flexibility index (Phi) is 6.14. The lowest BCUT2D eigenvalue weighted by atomic mass is 10.3. The standard InChI is InChI=1S/C15H16N6O6/c1-10(8-19-11(2)7-14(18-19)21(25)26)16-17-15(22)9-27-13-6-4-3-5-12(13)20(23)24/h3-7H,8-9H2,1-2H3,(H,17,22)/b16-10-. The lowest BCUT2D eigenvalue weighted by molar-refractivity contribution is -0.389. The summed E-state index contributed by atoms with van der Waals surface area (Å²) >= 11 is 0. The predicted molar refractivity (Wildman–Crippen MR) is 93.5 cm³/mol. The van der Waals surface area contributed by atoms with Crippen molar-refractivity contribution in [2.24, 2.45) is 5.10 Å². The van der Waals surface area contributed by atoms with Crippen LogP contribution in [-0.2, 0) is 11.3 Å². The molecule has 1 heterocycles. The van der Waals surface area contributed by atoms with E-state index < -0.39 is 22.4 Å². The molecule has 0 atom stereocenters. The van der Waals surface area contributed by atoms with E-state index in [0.29, 0.717) is 11.4 Å². The van der Waals surface area contributed by atoms with Gasteiger partial charge >= 0.3 is 11.5 Å². The first-order valence-electron chi connectivity index (χ1n) is 7.65. The first kappa shape index (κ1) is 19.5. The normalized spacial score (nSPS) is 11.1. The van der Waals surface area contributed by atoms with E-state index in [1.807, 2.05) is 0 Å². The highest BCUT2D eigenvalue weighted by molar-refractivity contribution is 5.84. The molecule has 0 aliphatic rings. The van der Waals surface area contributed by atoms with Crippen molar-refractivity contribution in [2.45, 2.75) is 20.4 Å². The van der Waals surface area contributed by atoms with Crippen molar-refractivity contribution < 1.29 is 19.4 Å². The molecule has 0 aliphatic carbocycles. The molecule has 142 valence electrons. The monoisotopic (exact) mass is 376 g/mol. The maximum absolute atomic E-state index is 11.8. The number of nitro benzene ring substituents is 1. The minimum absolute atomic E-state index is 0.0298. The number of benzene rings is 1. The van der Waals surface area contributed by atoms with Crippen molar-refractivity contribution in [3.05, 3.63) is 56.3 Å². The zero-order chi connectivity index (χ0) is 20.0. The summed E-state index contributed by atoms with van der Waals surface area (Å²) in [6.45, 7) is 2.95. The Morgan fingerprint density at radius 1 is 1.30 bits per heavy atom. The first-order chi connectivity index (χ1) is 12.8. The molecule has 1 aromatic heterocycles. The fraction of sp³-hybridized carbons (Fsp3) is 0.267. The van der Waals surface area contributed by atoms with Gasteiger partial charge in [0.1, 0.15) is 6.54 Å². The van der Waals surface area contributed by atoms with E-state index in [0.717, 1.165) is 0 Å². The Morgan fingerprint density at radius 3 is 2.63 bits per heavy atom. The van der Waals surface area contributed by atoms with Crippen molar-refractivity contribution in [1.29, 1.82) is 0 Å². The number of aryl methyl sites for hydroxylation is 1. The third-order valence-electron chi connectivity index (χ3n) is 3.33. The Morgan fingerprint density at radius 2 is 2.00 bits per heavy atom. The van der Waals surface area contributed by atoms with Crippen LogP contribution in [0.15, 0.2) is 35.4 Å². The number of aromatic nitrogens is 2. The van der Waals surface area contributed by atoms with Gasteiger partial charge in [-0.05, 0) is 24.8 Å². The molecule has 0 saturated carbocycles. The highest BCUT2D eigenvalue weighted by Gasteiger charge is 2.16. The number of para-hydroxylation sites is 2. The van der Waals surface area contributed by atoms with E-state index in [1.165, 1.54) is 28.9 Å². The summed E-state index contributed by atoms with van der Waals surface area (Å²) in [4.78, 5) is 32.2. The third-order valence-corrected chi connectivity index (χ3v) is 3.33. The maximum Gasteiger partial charge on any atom is 0.390 e.